The van der Waals surface area contributed by atoms with Gasteiger partial charge in [-0.1, -0.05) is 0 Å². The molecule has 5 heteroatoms. The number of hydrogen-bond acceptors (Lipinski definition) is 5. The van der Waals surface area contributed by atoms with Crippen LogP contribution in [0.5, 0.6) is 0 Å². The van der Waals surface area contributed by atoms with Crippen molar-refractivity contribution >= 4 is 29.2 Å². The maximum Gasteiger partial charge on any atom is 0.222 e. The number of nitrogens with one attached hydrogen (secondary N) is 1. The van der Waals surface area contributed by atoms with Gasteiger partial charge in [-0.3, -0.25) is 0 Å². The zero-order chi connectivity index (χ0) is 12.3. The molecule has 0 radical (unpaired) electrons. The molecule has 0 atom stereocenters. The van der Waals surface area contributed by atoms with E-state index in [2.05, 4.69) is 33.7 Å². The second-order valence-electron chi connectivity index (χ2n) is 3.61. The van der Waals surface area contributed by atoms with Gasteiger partial charge in [-0.25, -0.2) is 4.98 Å². The fourth-order valence-electron chi connectivity index (χ4n) is 1.48. The highest BCUT2D eigenvalue weighted by atomic mass is 32.2. The smallest absolute Gasteiger partial charge is 0.222 e. The molecule has 1 aromatic carbocycles. The van der Waals surface area contributed by atoms with E-state index in [9.17, 15) is 0 Å². The molecule has 17 heavy (non-hydrogen) atoms. The van der Waals surface area contributed by atoms with Gasteiger partial charge < -0.3 is 11.1 Å². The molecule has 0 bridgehead atoms. The molecule has 2 aromatic rings. The van der Waals surface area contributed by atoms with Gasteiger partial charge in [0.1, 0.15) is 5.82 Å². The van der Waals surface area contributed by atoms with E-state index in [1.807, 2.05) is 25.1 Å². The first-order valence-corrected chi connectivity index (χ1v) is 6.42. The predicted molar refractivity (Wildman–Crippen MR) is 72.7 cm³/mol. The normalized spacial score (nSPS) is 10.2. The number of anilines is 3. The summed E-state index contributed by atoms with van der Waals surface area (Å²) in [4.78, 5) is 9.38. The van der Waals surface area contributed by atoms with Crippen molar-refractivity contribution in [2.75, 3.05) is 17.3 Å². The van der Waals surface area contributed by atoms with Crippen LogP contribution in [0.1, 0.15) is 5.69 Å². The number of nitrogen functional groups attached to an aromatic ring is 1. The van der Waals surface area contributed by atoms with Crippen LogP contribution in [0.25, 0.3) is 0 Å². The number of nitrogens with two attached hydrogens (primary N) is 1. The quantitative estimate of drug-likeness (QED) is 0.815. The predicted octanol–water partition coefficient (Wildman–Crippen LogP) is 2.83. The Labute approximate surface area is 105 Å². The fourth-order valence-corrected chi connectivity index (χ4v) is 1.89. The summed E-state index contributed by atoms with van der Waals surface area (Å²) in [5.74, 6) is 1.00. The first kappa shape index (κ1) is 11.7. The topological polar surface area (TPSA) is 63.8 Å². The van der Waals surface area contributed by atoms with Gasteiger partial charge in [0.05, 0.1) is 0 Å². The third kappa shape index (κ3) is 3.10. The molecule has 0 aliphatic heterocycles. The van der Waals surface area contributed by atoms with Crippen molar-refractivity contribution in [1.82, 2.24) is 9.97 Å². The molecule has 0 spiro atoms. The number of thioether (sulfide) groups is 1. The molecule has 0 aliphatic carbocycles. The lowest BCUT2D eigenvalue weighted by Gasteiger charge is -2.07. The third-order valence-corrected chi connectivity index (χ3v) is 2.98. The molecule has 2 rings (SSSR count). The maximum atomic E-state index is 5.59. The summed E-state index contributed by atoms with van der Waals surface area (Å²) in [5.41, 5.74) is 7.43. The lowest BCUT2D eigenvalue weighted by molar-refractivity contribution is 1.12. The van der Waals surface area contributed by atoms with Gasteiger partial charge in [0, 0.05) is 22.3 Å². The molecule has 4 nitrogen and oxygen atoms in total. The van der Waals surface area contributed by atoms with Gasteiger partial charge in [0.2, 0.25) is 5.95 Å². The molecule has 0 amide bonds. The summed E-state index contributed by atoms with van der Waals surface area (Å²) >= 11 is 1.72. The van der Waals surface area contributed by atoms with Crippen molar-refractivity contribution in [3.05, 3.63) is 36.0 Å². The second-order valence-corrected chi connectivity index (χ2v) is 4.49. The minimum atomic E-state index is 0.285. The van der Waals surface area contributed by atoms with Crippen LogP contribution in [0.4, 0.5) is 17.5 Å². The molecule has 0 saturated heterocycles. The summed E-state index contributed by atoms with van der Waals surface area (Å²) in [6, 6.07) is 10.0. The zero-order valence-corrected chi connectivity index (χ0v) is 10.6. The number of aromatic nitrogens is 2. The summed E-state index contributed by atoms with van der Waals surface area (Å²) in [6.45, 7) is 1.89. The van der Waals surface area contributed by atoms with Crippen molar-refractivity contribution in [2.24, 2.45) is 0 Å². The summed E-state index contributed by atoms with van der Waals surface area (Å²) in [6.07, 6.45) is 2.05. The third-order valence-electron chi connectivity index (χ3n) is 2.23. The highest BCUT2D eigenvalue weighted by Crippen LogP contribution is 2.20. The van der Waals surface area contributed by atoms with E-state index in [-0.39, 0.29) is 5.95 Å². The zero-order valence-electron chi connectivity index (χ0n) is 9.77. The molecule has 1 aromatic heterocycles. The van der Waals surface area contributed by atoms with E-state index < -0.39 is 0 Å². The lowest BCUT2D eigenvalue weighted by atomic mass is 10.3. The molecule has 3 N–H and O–H groups in total. The Hall–Kier alpha value is -1.75. The van der Waals surface area contributed by atoms with E-state index in [1.165, 1.54) is 4.90 Å². The Kier molecular flexibility index (Phi) is 3.49. The fraction of sp³-hybridized carbons (Fsp3) is 0.167. The van der Waals surface area contributed by atoms with Gasteiger partial charge in [0.25, 0.3) is 0 Å². The van der Waals surface area contributed by atoms with Gasteiger partial charge in [-0.2, -0.15) is 4.98 Å². The molecular formula is C12H14N4S. The summed E-state index contributed by atoms with van der Waals surface area (Å²) in [5, 5.41) is 3.20. The molecule has 1 heterocycles. The highest BCUT2D eigenvalue weighted by molar-refractivity contribution is 7.98. The minimum Gasteiger partial charge on any atom is -0.368 e. The van der Waals surface area contributed by atoms with Crippen molar-refractivity contribution in [3.8, 4) is 0 Å². The van der Waals surface area contributed by atoms with Crippen molar-refractivity contribution < 1.29 is 0 Å². The summed E-state index contributed by atoms with van der Waals surface area (Å²) in [7, 11) is 0. The van der Waals surface area contributed by atoms with Gasteiger partial charge in [-0.15, -0.1) is 11.8 Å². The Balaban J connectivity index is 2.19. The van der Waals surface area contributed by atoms with Crippen LogP contribution in [0.15, 0.2) is 35.2 Å². The second kappa shape index (κ2) is 5.05. The van der Waals surface area contributed by atoms with Crippen LogP contribution in [-0.4, -0.2) is 16.2 Å². The lowest BCUT2D eigenvalue weighted by Crippen LogP contribution is -2.01. The number of nitrogens with zero attached hydrogens (tertiary/aromatic N) is 2. The van der Waals surface area contributed by atoms with Gasteiger partial charge >= 0.3 is 0 Å². The van der Waals surface area contributed by atoms with E-state index in [1.54, 1.807) is 11.8 Å². The van der Waals surface area contributed by atoms with Crippen LogP contribution in [0.2, 0.25) is 0 Å². The Morgan fingerprint density at radius 1 is 1.18 bits per heavy atom. The Morgan fingerprint density at radius 3 is 2.47 bits per heavy atom. The Bertz CT molecular complexity index is 490. The average Bonchev–Trinajstić information content (AvgIpc) is 2.28. The maximum absolute atomic E-state index is 5.59. The molecular weight excluding hydrogens is 232 g/mol. The largest absolute Gasteiger partial charge is 0.368 e. The van der Waals surface area contributed by atoms with Crippen molar-refractivity contribution in [1.29, 1.82) is 0 Å². The number of rotatable bonds is 3. The molecule has 0 unspecified atom stereocenters. The van der Waals surface area contributed by atoms with Crippen molar-refractivity contribution in [2.45, 2.75) is 11.8 Å². The first-order valence-electron chi connectivity index (χ1n) is 5.19. The highest BCUT2D eigenvalue weighted by Gasteiger charge is 2.00. The minimum absolute atomic E-state index is 0.285. The average molecular weight is 246 g/mol. The van der Waals surface area contributed by atoms with Crippen molar-refractivity contribution in [3.63, 3.8) is 0 Å². The monoisotopic (exact) mass is 246 g/mol. The summed E-state index contributed by atoms with van der Waals surface area (Å²) < 4.78 is 0. The van der Waals surface area contributed by atoms with Gasteiger partial charge in [-0.05, 0) is 37.4 Å². The van der Waals surface area contributed by atoms with E-state index in [4.69, 9.17) is 5.73 Å². The van der Waals surface area contributed by atoms with Crippen LogP contribution in [0, 0.1) is 6.92 Å². The SMILES string of the molecule is CSc1ccc(Nc2cc(C)nc(N)n2)cc1. The Morgan fingerprint density at radius 2 is 1.88 bits per heavy atom. The van der Waals surface area contributed by atoms with Crippen LogP contribution in [0.3, 0.4) is 0 Å². The van der Waals surface area contributed by atoms with E-state index >= 15 is 0 Å². The molecule has 0 aliphatic rings. The van der Waals surface area contributed by atoms with E-state index in [0.717, 1.165) is 11.4 Å². The standard InChI is InChI=1S/C12H14N4S/c1-8-7-11(16-12(13)14-8)15-9-3-5-10(17-2)6-4-9/h3-7H,1-2H3,(H3,13,14,15,16). The first-order chi connectivity index (χ1) is 8.17. The van der Waals surface area contributed by atoms with Crippen LogP contribution >= 0.6 is 11.8 Å². The number of aryl methyl sites for hydroxylation is 1. The van der Waals surface area contributed by atoms with Crippen LogP contribution < -0.4 is 11.1 Å². The molecule has 0 fully saturated rings. The number of benzene rings is 1. The molecule has 88 valence electrons. The van der Waals surface area contributed by atoms with Crippen LogP contribution in [-0.2, 0) is 0 Å². The van der Waals surface area contributed by atoms with E-state index in [0.29, 0.717) is 5.82 Å². The number of hydrogen-bond donors (Lipinski definition) is 2. The molecule has 0 saturated carbocycles. The van der Waals surface area contributed by atoms with Gasteiger partial charge in [0.15, 0.2) is 0 Å².